The summed E-state index contributed by atoms with van der Waals surface area (Å²) in [7, 11) is 0. The Morgan fingerprint density at radius 2 is 2.17 bits per heavy atom. The molecule has 1 atom stereocenters. The van der Waals surface area contributed by atoms with Crippen LogP contribution in [0.15, 0.2) is 18.2 Å². The van der Waals surface area contributed by atoms with Crippen molar-refractivity contribution in [3.8, 4) is 11.5 Å². The number of rotatable bonds is 6. The highest BCUT2D eigenvalue weighted by Gasteiger charge is 2.33. The van der Waals surface area contributed by atoms with Crippen molar-refractivity contribution in [3.63, 3.8) is 0 Å². The number of nitrogens with one attached hydrogen (secondary N) is 1. The first-order valence-corrected chi connectivity index (χ1v) is 8.11. The van der Waals surface area contributed by atoms with Crippen LogP contribution in [0.25, 0.3) is 0 Å². The molecule has 6 heteroatoms. The number of benzene rings is 1. The Morgan fingerprint density at radius 3 is 3.00 bits per heavy atom. The predicted octanol–water partition coefficient (Wildman–Crippen LogP) is 1.68. The molecule has 0 saturated carbocycles. The van der Waals surface area contributed by atoms with Crippen molar-refractivity contribution in [1.82, 2.24) is 10.2 Å². The Bertz CT molecular complexity index is 602. The number of carbonyl (C=O) groups is 2. The third-order valence-corrected chi connectivity index (χ3v) is 4.27. The number of unbranched alkanes of at least 4 members (excludes halogenated alkanes) is 1. The number of hydrogen-bond acceptors (Lipinski definition) is 4. The fraction of sp³-hybridized carbons (Fsp3) is 0.529. The zero-order valence-corrected chi connectivity index (χ0v) is 13.3. The van der Waals surface area contributed by atoms with Gasteiger partial charge in [-0.3, -0.25) is 9.59 Å². The van der Waals surface area contributed by atoms with Crippen molar-refractivity contribution in [3.05, 3.63) is 23.8 Å². The van der Waals surface area contributed by atoms with E-state index in [4.69, 9.17) is 9.47 Å². The Morgan fingerprint density at radius 1 is 1.35 bits per heavy atom. The summed E-state index contributed by atoms with van der Waals surface area (Å²) < 4.78 is 10.6. The fourth-order valence-corrected chi connectivity index (χ4v) is 2.90. The van der Waals surface area contributed by atoms with E-state index in [2.05, 4.69) is 12.2 Å². The maximum atomic E-state index is 12.3. The first-order chi connectivity index (χ1) is 11.2. The molecule has 0 radical (unpaired) electrons. The van der Waals surface area contributed by atoms with E-state index >= 15 is 0 Å². The molecule has 2 amide bonds. The quantitative estimate of drug-likeness (QED) is 0.866. The van der Waals surface area contributed by atoms with Crippen LogP contribution in [0.5, 0.6) is 11.5 Å². The maximum absolute atomic E-state index is 12.3. The van der Waals surface area contributed by atoms with Gasteiger partial charge in [-0.1, -0.05) is 19.4 Å². The molecule has 0 bridgehead atoms. The van der Waals surface area contributed by atoms with Gasteiger partial charge in [-0.2, -0.15) is 0 Å². The Labute approximate surface area is 135 Å². The fourth-order valence-electron chi connectivity index (χ4n) is 2.90. The topological polar surface area (TPSA) is 67.9 Å². The third-order valence-electron chi connectivity index (χ3n) is 4.27. The van der Waals surface area contributed by atoms with Crippen LogP contribution >= 0.6 is 0 Å². The second kappa shape index (κ2) is 6.89. The molecule has 0 unspecified atom stereocenters. The lowest BCUT2D eigenvalue weighted by Gasteiger charge is -2.16. The van der Waals surface area contributed by atoms with Crippen molar-refractivity contribution in [2.24, 2.45) is 5.92 Å². The van der Waals surface area contributed by atoms with Crippen LogP contribution in [-0.4, -0.2) is 36.6 Å². The Kier molecular flexibility index (Phi) is 4.69. The van der Waals surface area contributed by atoms with E-state index in [0.717, 1.165) is 30.7 Å². The summed E-state index contributed by atoms with van der Waals surface area (Å²) in [5, 5.41) is 2.92. The van der Waals surface area contributed by atoms with Gasteiger partial charge in [-0.05, 0) is 24.1 Å². The number of likely N-dealkylation sites (tertiary alicyclic amines) is 1. The van der Waals surface area contributed by atoms with Crippen molar-refractivity contribution < 1.29 is 19.1 Å². The molecular weight excluding hydrogens is 296 g/mol. The van der Waals surface area contributed by atoms with Crippen LogP contribution < -0.4 is 14.8 Å². The van der Waals surface area contributed by atoms with Crippen LogP contribution in [0, 0.1) is 5.92 Å². The van der Waals surface area contributed by atoms with Crippen LogP contribution in [-0.2, 0) is 16.1 Å². The molecule has 6 nitrogen and oxygen atoms in total. The van der Waals surface area contributed by atoms with Gasteiger partial charge in [0.05, 0.1) is 5.92 Å². The van der Waals surface area contributed by atoms with Crippen molar-refractivity contribution >= 4 is 11.8 Å². The molecule has 23 heavy (non-hydrogen) atoms. The first kappa shape index (κ1) is 15.6. The van der Waals surface area contributed by atoms with E-state index in [1.54, 1.807) is 4.90 Å². The molecular formula is C17H22N2O4. The standard InChI is InChI=1S/C17H22N2O4/c1-2-3-6-19-10-13(8-16(19)20)17(21)18-9-12-4-5-14-15(7-12)23-11-22-14/h4-5,7,13H,2-3,6,8-11H2,1H3,(H,18,21)/t13-/m1/s1. The lowest BCUT2D eigenvalue weighted by molar-refractivity contribution is -0.129. The average molecular weight is 318 g/mol. The summed E-state index contributed by atoms with van der Waals surface area (Å²) in [5.74, 6) is 1.22. The third kappa shape index (κ3) is 3.57. The molecule has 0 spiro atoms. The molecule has 2 heterocycles. The molecule has 2 aliphatic rings. The molecule has 0 aliphatic carbocycles. The molecule has 3 rings (SSSR count). The summed E-state index contributed by atoms with van der Waals surface area (Å²) in [6, 6.07) is 5.62. The van der Waals surface area contributed by atoms with Gasteiger partial charge >= 0.3 is 0 Å². The van der Waals surface area contributed by atoms with Gasteiger partial charge in [0.15, 0.2) is 11.5 Å². The minimum Gasteiger partial charge on any atom is -0.454 e. The molecule has 124 valence electrons. The first-order valence-electron chi connectivity index (χ1n) is 8.11. The number of ether oxygens (including phenoxy) is 2. The highest BCUT2D eigenvalue weighted by molar-refractivity contribution is 5.89. The van der Waals surface area contributed by atoms with E-state index in [-0.39, 0.29) is 24.5 Å². The van der Waals surface area contributed by atoms with Gasteiger partial charge in [0.2, 0.25) is 18.6 Å². The summed E-state index contributed by atoms with van der Waals surface area (Å²) in [5.41, 5.74) is 0.953. The summed E-state index contributed by atoms with van der Waals surface area (Å²) in [4.78, 5) is 26.0. The van der Waals surface area contributed by atoms with Crippen molar-refractivity contribution in [1.29, 1.82) is 0 Å². The molecule has 1 aromatic carbocycles. The zero-order chi connectivity index (χ0) is 16.2. The Balaban J connectivity index is 1.51. The number of carbonyl (C=O) groups excluding carboxylic acids is 2. The van der Waals surface area contributed by atoms with Crippen LogP contribution in [0.4, 0.5) is 0 Å². The summed E-state index contributed by atoms with van der Waals surface area (Å²) >= 11 is 0. The summed E-state index contributed by atoms with van der Waals surface area (Å²) in [6.07, 6.45) is 2.35. The van der Waals surface area contributed by atoms with Gasteiger partial charge in [-0.15, -0.1) is 0 Å². The van der Waals surface area contributed by atoms with Gasteiger partial charge in [0.1, 0.15) is 0 Å². The van der Waals surface area contributed by atoms with E-state index in [1.807, 2.05) is 18.2 Å². The molecule has 1 aromatic rings. The van der Waals surface area contributed by atoms with E-state index in [1.165, 1.54) is 0 Å². The number of hydrogen-bond donors (Lipinski definition) is 1. The van der Waals surface area contributed by atoms with E-state index < -0.39 is 0 Å². The smallest absolute Gasteiger partial charge is 0.231 e. The lowest BCUT2D eigenvalue weighted by atomic mass is 10.1. The Hall–Kier alpha value is -2.24. The van der Waals surface area contributed by atoms with Crippen LogP contribution in [0.2, 0.25) is 0 Å². The molecule has 2 aliphatic heterocycles. The summed E-state index contributed by atoms with van der Waals surface area (Å²) in [6.45, 7) is 4.04. The molecule has 0 aromatic heterocycles. The van der Waals surface area contributed by atoms with Gasteiger partial charge in [0.25, 0.3) is 0 Å². The minimum atomic E-state index is -0.242. The minimum absolute atomic E-state index is 0.0602. The second-order valence-corrected chi connectivity index (χ2v) is 6.00. The maximum Gasteiger partial charge on any atom is 0.231 e. The molecule has 1 N–H and O–H groups in total. The number of nitrogens with zero attached hydrogens (tertiary/aromatic N) is 1. The average Bonchev–Trinajstić information content (AvgIpc) is 3.16. The van der Waals surface area contributed by atoms with Crippen molar-refractivity contribution in [2.45, 2.75) is 32.7 Å². The van der Waals surface area contributed by atoms with Crippen LogP contribution in [0.3, 0.4) is 0 Å². The predicted molar refractivity (Wildman–Crippen MR) is 84.0 cm³/mol. The highest BCUT2D eigenvalue weighted by atomic mass is 16.7. The van der Waals surface area contributed by atoms with Gasteiger partial charge < -0.3 is 19.7 Å². The normalized spacial score (nSPS) is 19.3. The zero-order valence-electron chi connectivity index (χ0n) is 13.3. The van der Waals surface area contributed by atoms with E-state index in [0.29, 0.717) is 25.3 Å². The van der Waals surface area contributed by atoms with Crippen LogP contribution in [0.1, 0.15) is 31.7 Å². The largest absolute Gasteiger partial charge is 0.454 e. The SMILES string of the molecule is CCCCN1C[C@H](C(=O)NCc2ccc3c(c2)OCO3)CC1=O. The second-order valence-electron chi connectivity index (χ2n) is 6.00. The molecule has 1 fully saturated rings. The van der Waals surface area contributed by atoms with Gasteiger partial charge in [-0.25, -0.2) is 0 Å². The number of amides is 2. The highest BCUT2D eigenvalue weighted by Crippen LogP contribution is 2.32. The monoisotopic (exact) mass is 318 g/mol. The van der Waals surface area contributed by atoms with E-state index in [9.17, 15) is 9.59 Å². The lowest BCUT2D eigenvalue weighted by Crippen LogP contribution is -2.32. The number of fused-ring (bicyclic) bond motifs is 1. The molecule has 1 saturated heterocycles. The van der Waals surface area contributed by atoms with Crippen molar-refractivity contribution in [2.75, 3.05) is 19.9 Å². The van der Waals surface area contributed by atoms with Gasteiger partial charge in [0, 0.05) is 26.1 Å².